The summed E-state index contributed by atoms with van der Waals surface area (Å²) in [5.41, 5.74) is 2.26. The van der Waals surface area contributed by atoms with E-state index in [0.29, 0.717) is 5.78 Å². The number of carbonyl (C=O) groups excluding carboxylic acids is 1. The van der Waals surface area contributed by atoms with Crippen LogP contribution in [0.1, 0.15) is 49.1 Å². The SMILES string of the molecule is Cc1cncc(C2CCCCCC2=O)c1. The van der Waals surface area contributed by atoms with Crippen LogP contribution in [0.3, 0.4) is 0 Å². The number of nitrogens with zero attached hydrogens (tertiary/aromatic N) is 1. The molecule has 1 heterocycles. The second-order valence-corrected chi connectivity index (χ2v) is 4.41. The second kappa shape index (κ2) is 4.56. The minimum absolute atomic E-state index is 0.111. The van der Waals surface area contributed by atoms with Gasteiger partial charge >= 0.3 is 0 Å². The van der Waals surface area contributed by atoms with Crippen molar-refractivity contribution in [1.82, 2.24) is 4.98 Å². The zero-order valence-electron chi connectivity index (χ0n) is 9.20. The zero-order chi connectivity index (χ0) is 10.7. The summed E-state index contributed by atoms with van der Waals surface area (Å²) in [6, 6.07) is 2.10. The van der Waals surface area contributed by atoms with Crippen LogP contribution in [0.5, 0.6) is 0 Å². The van der Waals surface area contributed by atoms with Crippen LogP contribution in [0.15, 0.2) is 18.5 Å². The Morgan fingerprint density at radius 3 is 2.93 bits per heavy atom. The van der Waals surface area contributed by atoms with Crippen LogP contribution in [-0.4, -0.2) is 10.8 Å². The molecule has 2 nitrogen and oxygen atoms in total. The molecule has 0 aliphatic heterocycles. The van der Waals surface area contributed by atoms with Crippen LogP contribution in [0, 0.1) is 6.92 Å². The van der Waals surface area contributed by atoms with Gasteiger partial charge in [0.1, 0.15) is 5.78 Å². The molecule has 0 aromatic carbocycles. The van der Waals surface area contributed by atoms with Gasteiger partial charge in [-0.25, -0.2) is 0 Å². The molecule has 1 atom stereocenters. The summed E-state index contributed by atoms with van der Waals surface area (Å²) in [6.45, 7) is 2.03. The lowest BCUT2D eigenvalue weighted by molar-refractivity contribution is -0.120. The van der Waals surface area contributed by atoms with Gasteiger partial charge in [-0.1, -0.05) is 18.9 Å². The molecule has 2 rings (SSSR count). The topological polar surface area (TPSA) is 30.0 Å². The number of hydrogen-bond donors (Lipinski definition) is 0. The van der Waals surface area contributed by atoms with Crippen molar-refractivity contribution in [3.8, 4) is 0 Å². The number of aryl methyl sites for hydroxylation is 1. The summed E-state index contributed by atoms with van der Waals surface area (Å²) >= 11 is 0. The van der Waals surface area contributed by atoms with Gasteiger partial charge in [-0.3, -0.25) is 9.78 Å². The maximum Gasteiger partial charge on any atom is 0.140 e. The van der Waals surface area contributed by atoms with Gasteiger partial charge in [-0.15, -0.1) is 0 Å². The Balaban J connectivity index is 2.24. The smallest absolute Gasteiger partial charge is 0.140 e. The maximum atomic E-state index is 11.9. The summed E-state index contributed by atoms with van der Waals surface area (Å²) < 4.78 is 0. The molecule has 1 unspecified atom stereocenters. The third-order valence-corrected chi connectivity index (χ3v) is 3.10. The predicted molar refractivity (Wildman–Crippen MR) is 59.8 cm³/mol. The Morgan fingerprint density at radius 1 is 1.27 bits per heavy atom. The van der Waals surface area contributed by atoms with Gasteiger partial charge in [0, 0.05) is 24.7 Å². The first-order chi connectivity index (χ1) is 7.27. The fourth-order valence-electron chi connectivity index (χ4n) is 2.28. The third-order valence-electron chi connectivity index (χ3n) is 3.10. The molecular weight excluding hydrogens is 186 g/mol. The molecule has 2 heteroatoms. The van der Waals surface area contributed by atoms with Gasteiger partial charge in [-0.2, -0.15) is 0 Å². The molecule has 1 saturated carbocycles. The fraction of sp³-hybridized carbons (Fsp3) is 0.538. The van der Waals surface area contributed by atoms with Gasteiger partial charge < -0.3 is 0 Å². The van der Waals surface area contributed by atoms with E-state index in [-0.39, 0.29) is 5.92 Å². The molecule has 1 aliphatic rings. The average Bonchev–Trinajstić information content (AvgIpc) is 2.43. The molecular formula is C13H17NO. The van der Waals surface area contributed by atoms with Crippen molar-refractivity contribution in [3.63, 3.8) is 0 Å². The van der Waals surface area contributed by atoms with Crippen molar-refractivity contribution in [2.75, 3.05) is 0 Å². The summed E-state index contributed by atoms with van der Waals surface area (Å²) in [5.74, 6) is 0.514. The molecule has 1 aliphatic carbocycles. The first-order valence-electron chi connectivity index (χ1n) is 5.71. The quantitative estimate of drug-likeness (QED) is 0.657. The van der Waals surface area contributed by atoms with Gasteiger partial charge in [0.15, 0.2) is 0 Å². The van der Waals surface area contributed by atoms with Crippen LogP contribution >= 0.6 is 0 Å². The predicted octanol–water partition coefficient (Wildman–Crippen LogP) is 3.01. The van der Waals surface area contributed by atoms with E-state index in [2.05, 4.69) is 11.1 Å². The summed E-state index contributed by atoms with van der Waals surface area (Å²) in [6.07, 6.45) is 8.87. The van der Waals surface area contributed by atoms with Crippen molar-refractivity contribution < 1.29 is 4.79 Å². The van der Waals surface area contributed by atoms with Crippen LogP contribution in [-0.2, 0) is 4.79 Å². The lowest BCUT2D eigenvalue weighted by atomic mass is 9.91. The Morgan fingerprint density at radius 2 is 2.13 bits per heavy atom. The molecule has 15 heavy (non-hydrogen) atoms. The second-order valence-electron chi connectivity index (χ2n) is 4.41. The number of ketones is 1. The number of hydrogen-bond acceptors (Lipinski definition) is 2. The molecule has 0 saturated heterocycles. The third kappa shape index (κ3) is 2.44. The molecule has 0 N–H and O–H groups in total. The van der Waals surface area contributed by atoms with Gasteiger partial charge in [0.2, 0.25) is 0 Å². The molecule has 1 fully saturated rings. The van der Waals surface area contributed by atoms with Crippen LogP contribution in [0.25, 0.3) is 0 Å². The van der Waals surface area contributed by atoms with Crippen molar-refractivity contribution >= 4 is 5.78 Å². The van der Waals surface area contributed by atoms with E-state index in [9.17, 15) is 4.79 Å². The standard InChI is InChI=1S/C13H17NO/c1-10-7-11(9-14-8-10)12-5-3-2-4-6-13(12)15/h7-9,12H,2-6H2,1H3. The van der Waals surface area contributed by atoms with E-state index in [0.717, 1.165) is 30.4 Å². The highest BCUT2D eigenvalue weighted by molar-refractivity contribution is 5.85. The van der Waals surface area contributed by atoms with Crippen LogP contribution < -0.4 is 0 Å². The minimum Gasteiger partial charge on any atom is -0.299 e. The Bertz CT molecular complexity index is 359. The Kier molecular flexibility index (Phi) is 3.14. The highest BCUT2D eigenvalue weighted by Gasteiger charge is 2.22. The van der Waals surface area contributed by atoms with Gasteiger partial charge in [0.05, 0.1) is 0 Å². The van der Waals surface area contributed by atoms with E-state index in [4.69, 9.17) is 0 Å². The Labute approximate surface area is 90.7 Å². The molecule has 80 valence electrons. The molecule has 0 bridgehead atoms. The molecule has 0 radical (unpaired) electrons. The summed E-state index contributed by atoms with van der Waals surface area (Å²) in [5, 5.41) is 0. The normalized spacial score (nSPS) is 22.5. The molecule has 1 aromatic heterocycles. The minimum atomic E-state index is 0.111. The molecule has 0 spiro atoms. The summed E-state index contributed by atoms with van der Waals surface area (Å²) in [4.78, 5) is 16.1. The lowest BCUT2D eigenvalue weighted by Gasteiger charge is -2.13. The van der Waals surface area contributed by atoms with Crippen molar-refractivity contribution in [2.45, 2.75) is 44.9 Å². The summed E-state index contributed by atoms with van der Waals surface area (Å²) in [7, 11) is 0. The number of pyridine rings is 1. The number of Topliss-reactive ketones (excluding diaryl/α,β-unsaturated/α-hetero) is 1. The maximum absolute atomic E-state index is 11.9. The van der Waals surface area contributed by atoms with E-state index in [1.165, 1.54) is 12.8 Å². The largest absolute Gasteiger partial charge is 0.299 e. The highest BCUT2D eigenvalue weighted by atomic mass is 16.1. The van der Waals surface area contributed by atoms with Crippen molar-refractivity contribution in [2.24, 2.45) is 0 Å². The van der Waals surface area contributed by atoms with Crippen LogP contribution in [0.2, 0.25) is 0 Å². The number of carbonyl (C=O) groups is 1. The van der Waals surface area contributed by atoms with Crippen molar-refractivity contribution in [1.29, 1.82) is 0 Å². The van der Waals surface area contributed by atoms with E-state index < -0.39 is 0 Å². The molecule has 0 amide bonds. The average molecular weight is 203 g/mol. The monoisotopic (exact) mass is 203 g/mol. The van der Waals surface area contributed by atoms with Gasteiger partial charge in [-0.05, 0) is 30.9 Å². The first kappa shape index (κ1) is 10.3. The molecule has 1 aromatic rings. The lowest BCUT2D eigenvalue weighted by Crippen LogP contribution is -2.10. The van der Waals surface area contributed by atoms with Crippen molar-refractivity contribution in [3.05, 3.63) is 29.6 Å². The van der Waals surface area contributed by atoms with Crippen LogP contribution in [0.4, 0.5) is 0 Å². The highest BCUT2D eigenvalue weighted by Crippen LogP contribution is 2.28. The van der Waals surface area contributed by atoms with Gasteiger partial charge in [0.25, 0.3) is 0 Å². The number of aromatic nitrogens is 1. The van der Waals surface area contributed by atoms with E-state index in [1.807, 2.05) is 19.3 Å². The first-order valence-corrected chi connectivity index (χ1v) is 5.71. The number of rotatable bonds is 1. The van der Waals surface area contributed by atoms with E-state index >= 15 is 0 Å². The Hall–Kier alpha value is -1.18. The van der Waals surface area contributed by atoms with E-state index in [1.54, 1.807) is 0 Å². The fourth-order valence-corrected chi connectivity index (χ4v) is 2.28. The zero-order valence-corrected chi connectivity index (χ0v) is 9.20.